The van der Waals surface area contributed by atoms with Gasteiger partial charge in [0.15, 0.2) is 0 Å². The molecule has 0 aromatic heterocycles. The van der Waals surface area contributed by atoms with E-state index in [1.54, 1.807) is 0 Å². The monoisotopic (exact) mass is 290 g/mol. The van der Waals surface area contributed by atoms with Crippen molar-refractivity contribution < 1.29 is 38.6 Å². The van der Waals surface area contributed by atoms with Crippen LogP contribution in [0.1, 0.15) is 20.8 Å². The standard InChI is InChI=1S/C7H16O8P2/c1-4(16(10,11)12)7(3,6(8)9)5(2)17(13,14)15/h4-5H,1-3H3,(H,8,9)(H2,10,11,12)(H2,13,14,15). The third kappa shape index (κ3) is 3.37. The highest BCUT2D eigenvalue weighted by molar-refractivity contribution is 7.54. The Bertz CT molecular complexity index is 365. The van der Waals surface area contributed by atoms with E-state index in [0.29, 0.717) is 0 Å². The number of carboxylic acids is 1. The van der Waals surface area contributed by atoms with Gasteiger partial charge in [-0.2, -0.15) is 0 Å². The average molecular weight is 290 g/mol. The first-order chi connectivity index (χ1) is 7.25. The van der Waals surface area contributed by atoms with Crippen LogP contribution < -0.4 is 0 Å². The molecule has 0 aromatic rings. The SMILES string of the molecule is CC(C(C)(C(=O)O)C(C)P(=O)(O)O)P(=O)(O)O. The zero-order valence-corrected chi connectivity index (χ0v) is 11.3. The first-order valence-electron chi connectivity index (χ1n) is 4.59. The third-order valence-electron chi connectivity index (χ3n) is 3.21. The fraction of sp³-hybridized carbons (Fsp3) is 0.857. The Morgan fingerprint density at radius 2 is 1.24 bits per heavy atom. The summed E-state index contributed by atoms with van der Waals surface area (Å²) in [7, 11) is -9.56. The lowest BCUT2D eigenvalue weighted by molar-refractivity contribution is -0.148. The van der Waals surface area contributed by atoms with Crippen molar-refractivity contribution in [2.45, 2.75) is 32.1 Å². The molecule has 8 nitrogen and oxygen atoms in total. The van der Waals surface area contributed by atoms with E-state index >= 15 is 0 Å². The zero-order chi connectivity index (χ0) is 14.2. The third-order valence-corrected chi connectivity index (χ3v) is 6.30. The molecule has 0 saturated heterocycles. The molecule has 2 unspecified atom stereocenters. The van der Waals surface area contributed by atoms with E-state index in [-0.39, 0.29) is 0 Å². The molecule has 0 aliphatic carbocycles. The highest BCUT2D eigenvalue weighted by Gasteiger charge is 2.56. The molecule has 0 radical (unpaired) electrons. The van der Waals surface area contributed by atoms with Gasteiger partial charge in [-0.05, 0) is 20.8 Å². The minimum atomic E-state index is -4.78. The van der Waals surface area contributed by atoms with E-state index in [0.717, 1.165) is 20.8 Å². The minimum absolute atomic E-state index is 0.919. The summed E-state index contributed by atoms with van der Waals surface area (Å²) in [6, 6.07) is 0. The summed E-state index contributed by atoms with van der Waals surface area (Å²) in [4.78, 5) is 47.0. The zero-order valence-electron chi connectivity index (χ0n) is 9.51. The van der Waals surface area contributed by atoms with Crippen LogP contribution in [0.15, 0.2) is 0 Å². The van der Waals surface area contributed by atoms with Crippen LogP contribution >= 0.6 is 15.2 Å². The normalized spacial score (nSPS) is 20.4. The number of hydrogen-bond donors (Lipinski definition) is 5. The van der Waals surface area contributed by atoms with Crippen molar-refractivity contribution in [1.82, 2.24) is 0 Å². The highest BCUT2D eigenvalue weighted by Crippen LogP contribution is 2.58. The van der Waals surface area contributed by atoms with Crippen molar-refractivity contribution in [3.63, 3.8) is 0 Å². The van der Waals surface area contributed by atoms with Crippen LogP contribution in [0.4, 0.5) is 0 Å². The second-order valence-electron chi connectivity index (χ2n) is 4.12. The lowest BCUT2D eigenvalue weighted by Gasteiger charge is -2.36. The van der Waals surface area contributed by atoms with Crippen LogP contribution in [-0.2, 0) is 13.9 Å². The van der Waals surface area contributed by atoms with Gasteiger partial charge in [0.05, 0.1) is 16.7 Å². The van der Waals surface area contributed by atoms with Crippen molar-refractivity contribution in [3.05, 3.63) is 0 Å². The van der Waals surface area contributed by atoms with Gasteiger partial charge in [0.1, 0.15) is 0 Å². The molecule has 2 atom stereocenters. The van der Waals surface area contributed by atoms with Gasteiger partial charge in [-0.3, -0.25) is 13.9 Å². The maximum Gasteiger partial charge on any atom is 0.329 e. The first-order valence-corrected chi connectivity index (χ1v) is 7.95. The average Bonchev–Trinajstić information content (AvgIpc) is 2.10. The second-order valence-corrected chi connectivity index (χ2v) is 8.02. The molecule has 0 rings (SSSR count). The van der Waals surface area contributed by atoms with Crippen molar-refractivity contribution in [3.8, 4) is 0 Å². The van der Waals surface area contributed by atoms with Crippen LogP contribution in [0.5, 0.6) is 0 Å². The summed E-state index contributed by atoms with van der Waals surface area (Å²) in [5, 5.41) is 9.01. The molecule has 5 N–H and O–H groups in total. The summed E-state index contributed by atoms with van der Waals surface area (Å²) < 4.78 is 22.2. The molecule has 17 heavy (non-hydrogen) atoms. The predicted molar refractivity (Wildman–Crippen MR) is 58.8 cm³/mol. The van der Waals surface area contributed by atoms with E-state index in [4.69, 9.17) is 24.7 Å². The van der Waals surface area contributed by atoms with Gasteiger partial charge < -0.3 is 24.7 Å². The lowest BCUT2D eigenvalue weighted by Crippen LogP contribution is -2.46. The smallest absolute Gasteiger partial charge is 0.329 e. The van der Waals surface area contributed by atoms with Crippen molar-refractivity contribution in [2.75, 3.05) is 0 Å². The molecule has 0 bridgehead atoms. The van der Waals surface area contributed by atoms with Gasteiger partial charge >= 0.3 is 21.2 Å². The first kappa shape index (κ1) is 16.8. The van der Waals surface area contributed by atoms with Gasteiger partial charge in [0.2, 0.25) is 0 Å². The van der Waals surface area contributed by atoms with Gasteiger partial charge in [0.25, 0.3) is 0 Å². The molecule has 10 heteroatoms. The minimum Gasteiger partial charge on any atom is -0.481 e. The molecule has 0 spiro atoms. The number of carbonyl (C=O) groups is 1. The molecule has 0 saturated carbocycles. The Kier molecular flexibility index (Phi) is 4.74. The molecule has 0 heterocycles. The Hall–Kier alpha value is -0.230. The lowest BCUT2D eigenvalue weighted by atomic mass is 9.84. The van der Waals surface area contributed by atoms with Crippen LogP contribution in [0.25, 0.3) is 0 Å². The molecule has 0 amide bonds. The topological polar surface area (TPSA) is 152 Å². The summed E-state index contributed by atoms with van der Waals surface area (Å²) in [5.41, 5.74) is -5.65. The number of hydrogen-bond acceptors (Lipinski definition) is 3. The van der Waals surface area contributed by atoms with Gasteiger partial charge in [-0.25, -0.2) is 0 Å². The Morgan fingerprint density at radius 3 is 1.35 bits per heavy atom. The largest absolute Gasteiger partial charge is 0.481 e. The Labute approximate surface area is 98.0 Å². The van der Waals surface area contributed by atoms with Crippen LogP contribution in [0.3, 0.4) is 0 Å². The van der Waals surface area contributed by atoms with Crippen molar-refractivity contribution in [2.24, 2.45) is 5.41 Å². The molecule has 102 valence electrons. The van der Waals surface area contributed by atoms with Gasteiger partial charge in [0, 0.05) is 0 Å². The number of carboxylic acid groups (broad SMARTS) is 1. The summed E-state index contributed by atoms with van der Waals surface area (Å²) in [5.74, 6) is -1.66. The fourth-order valence-corrected chi connectivity index (χ4v) is 3.59. The van der Waals surface area contributed by atoms with Crippen LogP contribution in [0, 0.1) is 5.41 Å². The highest BCUT2D eigenvalue weighted by atomic mass is 31.2. The van der Waals surface area contributed by atoms with Gasteiger partial charge in [-0.15, -0.1) is 0 Å². The van der Waals surface area contributed by atoms with Crippen molar-refractivity contribution in [1.29, 1.82) is 0 Å². The van der Waals surface area contributed by atoms with Crippen LogP contribution in [0.2, 0.25) is 0 Å². The summed E-state index contributed by atoms with van der Waals surface area (Å²) in [6.07, 6.45) is 0. The molecule has 0 fully saturated rings. The quantitative estimate of drug-likeness (QED) is 0.450. The molecule has 0 aliphatic rings. The predicted octanol–water partition coefficient (Wildman–Crippen LogP) is 0.210. The molecular weight excluding hydrogens is 274 g/mol. The van der Waals surface area contributed by atoms with E-state index < -0.39 is 37.9 Å². The molecule has 0 aromatic carbocycles. The molecule has 0 aliphatic heterocycles. The maximum absolute atomic E-state index is 11.1. The van der Waals surface area contributed by atoms with Gasteiger partial charge in [-0.1, -0.05) is 0 Å². The Morgan fingerprint density at radius 1 is 1.00 bits per heavy atom. The fourth-order valence-electron chi connectivity index (χ4n) is 1.41. The number of aliphatic carboxylic acids is 1. The maximum atomic E-state index is 11.1. The number of rotatable bonds is 5. The molecular formula is C7H16O8P2. The van der Waals surface area contributed by atoms with Crippen LogP contribution in [-0.4, -0.2) is 42.0 Å². The van der Waals surface area contributed by atoms with Crippen molar-refractivity contribution >= 4 is 21.2 Å². The van der Waals surface area contributed by atoms with E-state index in [2.05, 4.69) is 0 Å². The van der Waals surface area contributed by atoms with E-state index in [1.165, 1.54) is 0 Å². The summed E-state index contributed by atoms with van der Waals surface area (Å²) in [6.45, 7) is 2.84. The van der Waals surface area contributed by atoms with E-state index in [9.17, 15) is 13.9 Å². The Balaban J connectivity index is 5.73. The second kappa shape index (κ2) is 4.80. The van der Waals surface area contributed by atoms with E-state index in [1.807, 2.05) is 0 Å². The summed E-state index contributed by atoms with van der Waals surface area (Å²) >= 11 is 0.